The van der Waals surface area contributed by atoms with Crippen molar-refractivity contribution in [3.05, 3.63) is 0 Å². The Morgan fingerprint density at radius 1 is 1.06 bits per heavy atom. The van der Waals surface area contributed by atoms with Crippen LogP contribution >= 0.6 is 0 Å². The summed E-state index contributed by atoms with van der Waals surface area (Å²) in [5, 5.41) is 3.33. The molecule has 2 bridgehead atoms. The molecule has 6 atom stereocenters. The Morgan fingerprint density at radius 3 is 2.58 bits per heavy atom. The Balaban J connectivity index is 1.31. The predicted octanol–water partition coefficient (Wildman–Crippen LogP) is 3.81. The lowest BCUT2D eigenvalue weighted by molar-refractivity contribution is -0.170. The molecule has 4 saturated carbocycles. The van der Waals surface area contributed by atoms with Gasteiger partial charge in [0.15, 0.2) is 0 Å². The molecule has 1 heterocycles. The Hall–Kier alpha value is -0.940. The molecule has 1 amide bonds. The number of rotatable bonds is 4. The molecule has 5 nitrogen and oxygen atoms in total. The molecule has 1 saturated heterocycles. The van der Waals surface area contributed by atoms with Gasteiger partial charge in [0.2, 0.25) is 5.91 Å². The number of carbonyl (C=O) groups excluding carboxylic acids is 2. The van der Waals surface area contributed by atoms with Crippen LogP contribution < -0.4 is 5.32 Å². The van der Waals surface area contributed by atoms with E-state index in [0.717, 1.165) is 84.3 Å². The smallest absolute Gasteiger partial charge is 0.226 e. The normalized spacial score (nSPS) is 47.5. The second kappa shape index (κ2) is 7.55. The van der Waals surface area contributed by atoms with Crippen molar-refractivity contribution in [1.82, 2.24) is 10.2 Å². The van der Waals surface area contributed by atoms with Gasteiger partial charge in [0, 0.05) is 43.4 Å². The Morgan fingerprint density at radius 2 is 1.81 bits per heavy atom. The molecule has 5 fully saturated rings. The highest BCUT2D eigenvalue weighted by molar-refractivity contribution is 5.88. The average molecular weight is 431 g/mol. The van der Waals surface area contributed by atoms with Gasteiger partial charge < -0.3 is 10.1 Å². The molecule has 1 N–H and O–H groups in total. The summed E-state index contributed by atoms with van der Waals surface area (Å²) in [7, 11) is 0. The van der Waals surface area contributed by atoms with Crippen molar-refractivity contribution >= 4 is 11.7 Å². The Kier molecular flexibility index (Phi) is 5.33. The van der Waals surface area contributed by atoms with Crippen molar-refractivity contribution in [2.45, 2.75) is 78.6 Å². The van der Waals surface area contributed by atoms with E-state index in [4.69, 9.17) is 4.74 Å². The van der Waals surface area contributed by atoms with Crippen LogP contribution in [0.5, 0.6) is 0 Å². The van der Waals surface area contributed by atoms with Gasteiger partial charge >= 0.3 is 0 Å². The number of fused-ring (bicyclic) bond motifs is 3. The zero-order valence-electron chi connectivity index (χ0n) is 19.9. The number of hydrogen-bond acceptors (Lipinski definition) is 4. The fraction of sp³-hybridized carbons (Fsp3) is 0.923. The van der Waals surface area contributed by atoms with Gasteiger partial charge in [-0.25, -0.2) is 0 Å². The third-order valence-electron chi connectivity index (χ3n) is 10.7. The summed E-state index contributed by atoms with van der Waals surface area (Å²) >= 11 is 0. The molecule has 1 spiro atoms. The minimum Gasteiger partial charge on any atom is -0.379 e. The summed E-state index contributed by atoms with van der Waals surface area (Å²) in [6.07, 6.45) is 9.79. The van der Waals surface area contributed by atoms with E-state index in [-0.39, 0.29) is 27.6 Å². The molecule has 174 valence electrons. The highest BCUT2D eigenvalue weighted by Crippen LogP contribution is 2.72. The summed E-state index contributed by atoms with van der Waals surface area (Å²) in [4.78, 5) is 28.9. The van der Waals surface area contributed by atoms with Crippen LogP contribution in [-0.2, 0) is 14.3 Å². The fourth-order valence-electron chi connectivity index (χ4n) is 9.13. The maximum absolute atomic E-state index is 13.6. The summed E-state index contributed by atoms with van der Waals surface area (Å²) in [6.45, 7) is 12.2. The first kappa shape index (κ1) is 21.9. The number of Topliss-reactive ketones (excluding diaryl/α,β-unsaturated/α-hetero) is 1. The van der Waals surface area contributed by atoms with Crippen LogP contribution in [0.3, 0.4) is 0 Å². The first-order valence-electron chi connectivity index (χ1n) is 12.8. The van der Waals surface area contributed by atoms with Crippen molar-refractivity contribution in [2.75, 3.05) is 39.4 Å². The van der Waals surface area contributed by atoms with Gasteiger partial charge in [0.1, 0.15) is 5.78 Å². The van der Waals surface area contributed by atoms with E-state index in [1.165, 1.54) is 12.8 Å². The Labute approximate surface area is 188 Å². The lowest BCUT2D eigenvalue weighted by Gasteiger charge is -2.64. The molecule has 0 radical (unpaired) electrons. The molecule has 5 aliphatic rings. The number of ether oxygens (including phenoxy) is 1. The zero-order valence-corrected chi connectivity index (χ0v) is 19.9. The van der Waals surface area contributed by atoms with Gasteiger partial charge in [-0.15, -0.1) is 0 Å². The van der Waals surface area contributed by atoms with Crippen LogP contribution in [0.1, 0.15) is 78.6 Å². The monoisotopic (exact) mass is 430 g/mol. The second-order valence-electron chi connectivity index (χ2n) is 12.4. The number of morpholine rings is 1. The van der Waals surface area contributed by atoms with E-state index in [2.05, 4.69) is 31.0 Å². The number of nitrogens with zero attached hydrogens (tertiary/aromatic N) is 1. The van der Waals surface area contributed by atoms with Gasteiger partial charge in [-0.05, 0) is 67.6 Å². The standard InChI is InChI=1S/C26H42N2O3/c1-23-9-5-20-24(2)7-4-8-25(3,19(24)6-10-26(20,18-23)17-21(23)29)22(30)27-11-12-28-13-15-31-16-14-28/h19-20H,4-18H2,1-3H3,(H,27,30)/t19-,20-,23-,24+,25+,26-/m0/s1. The number of ketones is 1. The maximum atomic E-state index is 13.6. The molecule has 1 aliphatic heterocycles. The molecule has 0 aromatic heterocycles. The molecule has 0 unspecified atom stereocenters. The van der Waals surface area contributed by atoms with Crippen LogP contribution in [0.15, 0.2) is 0 Å². The predicted molar refractivity (Wildman–Crippen MR) is 121 cm³/mol. The minimum absolute atomic E-state index is 0.0610. The van der Waals surface area contributed by atoms with Gasteiger partial charge in [-0.1, -0.05) is 27.2 Å². The van der Waals surface area contributed by atoms with E-state index < -0.39 is 0 Å². The molecule has 4 aliphatic carbocycles. The van der Waals surface area contributed by atoms with Crippen molar-refractivity contribution in [3.8, 4) is 0 Å². The number of carbonyl (C=O) groups is 2. The van der Waals surface area contributed by atoms with Crippen molar-refractivity contribution in [3.63, 3.8) is 0 Å². The molecular formula is C26H42N2O3. The molecule has 31 heavy (non-hydrogen) atoms. The summed E-state index contributed by atoms with van der Waals surface area (Å²) in [5.74, 6) is 1.85. The van der Waals surface area contributed by atoms with E-state index in [1.54, 1.807) is 0 Å². The third kappa shape index (κ3) is 3.32. The maximum Gasteiger partial charge on any atom is 0.226 e. The zero-order chi connectivity index (χ0) is 21.9. The van der Waals surface area contributed by atoms with Crippen LogP contribution in [-0.4, -0.2) is 56.0 Å². The molecule has 0 aromatic rings. The van der Waals surface area contributed by atoms with Crippen LogP contribution in [0.4, 0.5) is 0 Å². The van der Waals surface area contributed by atoms with E-state index in [9.17, 15) is 9.59 Å². The van der Waals surface area contributed by atoms with Crippen LogP contribution in [0, 0.1) is 33.5 Å². The van der Waals surface area contributed by atoms with E-state index in [1.807, 2.05) is 0 Å². The first-order valence-corrected chi connectivity index (χ1v) is 12.8. The largest absolute Gasteiger partial charge is 0.379 e. The van der Waals surface area contributed by atoms with Crippen molar-refractivity contribution in [1.29, 1.82) is 0 Å². The quantitative estimate of drug-likeness (QED) is 0.737. The second-order valence-corrected chi connectivity index (χ2v) is 12.4. The summed E-state index contributed by atoms with van der Waals surface area (Å²) in [6, 6.07) is 0. The Bertz CT molecular complexity index is 749. The van der Waals surface area contributed by atoms with Gasteiger partial charge in [0.05, 0.1) is 13.2 Å². The van der Waals surface area contributed by atoms with Crippen molar-refractivity contribution < 1.29 is 14.3 Å². The topological polar surface area (TPSA) is 58.6 Å². The lowest BCUT2D eigenvalue weighted by Crippen LogP contribution is -2.60. The third-order valence-corrected chi connectivity index (χ3v) is 10.7. The lowest BCUT2D eigenvalue weighted by atomic mass is 9.40. The van der Waals surface area contributed by atoms with E-state index in [0.29, 0.717) is 17.6 Å². The fourth-order valence-corrected chi connectivity index (χ4v) is 9.13. The van der Waals surface area contributed by atoms with Gasteiger partial charge in [0.25, 0.3) is 0 Å². The summed E-state index contributed by atoms with van der Waals surface area (Å²) in [5.41, 5.74) is 0.0800. The van der Waals surface area contributed by atoms with Crippen LogP contribution in [0.2, 0.25) is 0 Å². The number of nitrogens with one attached hydrogen (secondary N) is 1. The molecule has 5 rings (SSSR count). The molecular weight excluding hydrogens is 388 g/mol. The minimum atomic E-state index is -0.275. The average Bonchev–Trinajstić information content (AvgIpc) is 2.92. The molecule has 5 heteroatoms. The highest BCUT2D eigenvalue weighted by Gasteiger charge is 2.67. The SMILES string of the molecule is C[C@@]12CC[C@@H]3[C@@](CC[C@H]4[C@@]3(C)CCC[C@@]4(C)C(=O)NCCN3CCOCC3)(CC1=O)C2. The summed E-state index contributed by atoms with van der Waals surface area (Å²) < 4.78 is 5.44. The van der Waals surface area contributed by atoms with Crippen LogP contribution in [0.25, 0.3) is 0 Å². The molecule has 0 aromatic carbocycles. The number of amides is 1. The number of hydrogen-bond donors (Lipinski definition) is 1. The van der Waals surface area contributed by atoms with E-state index >= 15 is 0 Å². The van der Waals surface area contributed by atoms with Crippen molar-refractivity contribution in [2.24, 2.45) is 33.5 Å². The van der Waals surface area contributed by atoms with Gasteiger partial charge in [-0.3, -0.25) is 14.5 Å². The first-order chi connectivity index (χ1) is 14.7. The highest BCUT2D eigenvalue weighted by atomic mass is 16.5. The van der Waals surface area contributed by atoms with Gasteiger partial charge in [-0.2, -0.15) is 0 Å².